The van der Waals surface area contributed by atoms with Gasteiger partial charge in [-0.25, -0.2) is 4.79 Å². The lowest BCUT2D eigenvalue weighted by Gasteiger charge is -2.36. The summed E-state index contributed by atoms with van der Waals surface area (Å²) in [4.78, 5) is 29.6. The minimum absolute atomic E-state index is 0.00248. The highest BCUT2D eigenvalue weighted by Crippen LogP contribution is 2.32. The molecule has 1 amide bonds. The Kier molecular flexibility index (Phi) is 6.00. The molecule has 35 heavy (non-hydrogen) atoms. The molecular weight excluding hydrogens is 462 g/mol. The van der Waals surface area contributed by atoms with E-state index < -0.39 is 0 Å². The van der Waals surface area contributed by atoms with Crippen LogP contribution in [0.3, 0.4) is 0 Å². The molecule has 1 fully saturated rings. The molecule has 2 aromatic heterocycles. The van der Waals surface area contributed by atoms with Gasteiger partial charge in [0.1, 0.15) is 5.82 Å². The van der Waals surface area contributed by atoms with E-state index in [9.17, 15) is 9.59 Å². The Hall–Kier alpha value is -3.40. The number of hydrogen-bond acceptors (Lipinski definition) is 7. The average Bonchev–Trinajstić information content (AvgIpc) is 3.47. The number of benzene rings is 1. The Labute approximate surface area is 208 Å². The van der Waals surface area contributed by atoms with Gasteiger partial charge in [0.2, 0.25) is 0 Å². The lowest BCUT2D eigenvalue weighted by atomic mass is 9.96. The number of rotatable bonds is 4. The van der Waals surface area contributed by atoms with Crippen LogP contribution in [0.2, 0.25) is 0 Å². The molecule has 5 rings (SSSR count). The number of carbonyl (C=O) groups excluding carboxylic acids is 1. The Morgan fingerprint density at radius 3 is 2.66 bits per heavy atom. The van der Waals surface area contributed by atoms with Crippen LogP contribution in [0.4, 0.5) is 11.5 Å². The Balaban J connectivity index is 1.30. The third kappa shape index (κ3) is 4.62. The molecule has 1 saturated heterocycles. The molecule has 0 bridgehead atoms. The van der Waals surface area contributed by atoms with Gasteiger partial charge in [-0.3, -0.25) is 13.9 Å². The number of nitrogens with zero attached hydrogens (tertiary/aromatic N) is 6. The van der Waals surface area contributed by atoms with Gasteiger partial charge < -0.3 is 15.1 Å². The first-order valence-electron chi connectivity index (χ1n) is 11.9. The monoisotopic (exact) mass is 493 g/mol. The third-order valence-electron chi connectivity index (χ3n) is 6.50. The summed E-state index contributed by atoms with van der Waals surface area (Å²) in [7, 11) is 1.82. The Morgan fingerprint density at radius 2 is 1.97 bits per heavy atom. The quantitative estimate of drug-likeness (QED) is 0.600. The molecule has 0 radical (unpaired) electrons. The van der Waals surface area contributed by atoms with E-state index in [2.05, 4.69) is 77.0 Å². The highest BCUT2D eigenvalue weighted by Gasteiger charge is 2.27. The molecule has 9 nitrogen and oxygen atoms in total. The van der Waals surface area contributed by atoms with Crippen molar-refractivity contribution in [1.82, 2.24) is 23.6 Å². The summed E-state index contributed by atoms with van der Waals surface area (Å²) in [5.74, 6) is 0.796. The molecule has 0 saturated carbocycles. The summed E-state index contributed by atoms with van der Waals surface area (Å²) in [6, 6.07) is 8.45. The van der Waals surface area contributed by atoms with Crippen LogP contribution in [-0.4, -0.2) is 55.7 Å². The molecule has 3 aromatic rings. The topological polar surface area (TPSA) is 88.3 Å². The highest BCUT2D eigenvalue weighted by molar-refractivity contribution is 7.03. The zero-order chi connectivity index (χ0) is 24.7. The minimum Gasteiger partial charge on any atom is -0.368 e. The minimum atomic E-state index is -0.0523. The van der Waals surface area contributed by atoms with E-state index in [1.807, 2.05) is 16.5 Å². The van der Waals surface area contributed by atoms with Crippen molar-refractivity contribution in [3.63, 3.8) is 0 Å². The number of fused-ring (bicyclic) bond motifs is 1. The fraction of sp³-hybridized carbons (Fsp3) is 0.440. The molecule has 10 heteroatoms. The maximum absolute atomic E-state index is 12.9. The first kappa shape index (κ1) is 23.3. The van der Waals surface area contributed by atoms with Crippen LogP contribution in [0.25, 0.3) is 6.08 Å². The van der Waals surface area contributed by atoms with Gasteiger partial charge in [-0.05, 0) is 40.7 Å². The van der Waals surface area contributed by atoms with Crippen LogP contribution in [0, 0.1) is 5.41 Å². The van der Waals surface area contributed by atoms with Crippen molar-refractivity contribution in [2.45, 2.75) is 33.4 Å². The molecule has 0 spiro atoms. The van der Waals surface area contributed by atoms with Crippen LogP contribution < -0.4 is 15.9 Å². The van der Waals surface area contributed by atoms with Crippen LogP contribution in [0.15, 0.2) is 40.5 Å². The Bertz CT molecular complexity index is 1310. The van der Waals surface area contributed by atoms with Crippen LogP contribution in [0.1, 0.15) is 48.6 Å². The molecular formula is C25H31N7O2S. The summed E-state index contributed by atoms with van der Waals surface area (Å²) in [5.41, 5.74) is 3.61. The molecule has 0 aliphatic carbocycles. The van der Waals surface area contributed by atoms with Crippen LogP contribution >= 0.6 is 11.5 Å². The van der Waals surface area contributed by atoms with Crippen molar-refractivity contribution in [3.05, 3.63) is 63.2 Å². The van der Waals surface area contributed by atoms with E-state index in [-0.39, 0.29) is 23.1 Å². The van der Waals surface area contributed by atoms with Gasteiger partial charge in [-0.15, -0.1) is 5.10 Å². The lowest BCUT2D eigenvalue weighted by molar-refractivity contribution is 0.0741. The summed E-state index contributed by atoms with van der Waals surface area (Å²) in [6.45, 7) is 9.89. The highest BCUT2D eigenvalue weighted by atomic mass is 32.1. The average molecular weight is 494 g/mol. The van der Waals surface area contributed by atoms with E-state index in [1.54, 1.807) is 9.95 Å². The molecule has 1 aromatic carbocycles. The standard InChI is InChI=1S/C25H31N7O2S/c1-25(2,3)16-32-21-9-8-19(26-22(21)29(4)24(32)34)17-6-5-7-18(14-17)30-10-12-31(13-11-30)23(33)20-15-35-28-27-20/h5-9,14-15,19,26H,10-13,16H2,1-4H3. The zero-order valence-corrected chi connectivity index (χ0v) is 21.4. The second-order valence-corrected chi connectivity index (χ2v) is 11.0. The number of aromatic nitrogens is 4. The van der Waals surface area contributed by atoms with Gasteiger partial charge in [0.15, 0.2) is 5.69 Å². The number of nitrogens with one attached hydrogen (secondary N) is 1. The van der Waals surface area contributed by atoms with E-state index in [0.717, 1.165) is 35.9 Å². The fourth-order valence-corrected chi connectivity index (χ4v) is 5.16. The number of anilines is 2. The van der Waals surface area contributed by atoms with Gasteiger partial charge in [0, 0.05) is 50.8 Å². The molecule has 1 unspecified atom stereocenters. The van der Waals surface area contributed by atoms with Crippen LogP contribution in [0.5, 0.6) is 0 Å². The molecule has 184 valence electrons. The van der Waals surface area contributed by atoms with Gasteiger partial charge in [-0.2, -0.15) is 0 Å². The van der Waals surface area contributed by atoms with Gasteiger partial charge in [0.05, 0.1) is 11.7 Å². The smallest absolute Gasteiger partial charge is 0.330 e. The molecule has 4 heterocycles. The second kappa shape index (κ2) is 8.99. The van der Waals surface area contributed by atoms with E-state index >= 15 is 0 Å². The summed E-state index contributed by atoms with van der Waals surface area (Å²) in [6.07, 6.45) is 4.19. The lowest BCUT2D eigenvalue weighted by Crippen LogP contribution is -2.48. The van der Waals surface area contributed by atoms with Crippen molar-refractivity contribution in [1.29, 1.82) is 0 Å². The SMILES string of the molecule is Cn1c2c(n(CC(C)(C)C)c1=O)C=CC(c1cccc(N3CCN(C(=O)c4csnn4)CC3)c1)N2. The largest absolute Gasteiger partial charge is 0.368 e. The summed E-state index contributed by atoms with van der Waals surface area (Å²) < 4.78 is 7.36. The molecule has 1 N–H and O–H groups in total. The first-order chi connectivity index (χ1) is 16.7. The van der Waals surface area contributed by atoms with Crippen molar-refractivity contribution < 1.29 is 4.79 Å². The molecule has 2 aliphatic rings. The van der Waals surface area contributed by atoms with Gasteiger partial charge >= 0.3 is 5.69 Å². The fourth-order valence-electron chi connectivity index (χ4n) is 4.73. The zero-order valence-electron chi connectivity index (χ0n) is 20.6. The number of imidazole rings is 1. The van der Waals surface area contributed by atoms with E-state index in [1.165, 1.54) is 11.5 Å². The third-order valence-corrected chi connectivity index (χ3v) is 7.00. The Morgan fingerprint density at radius 1 is 1.20 bits per heavy atom. The normalized spacial score (nSPS) is 17.9. The number of piperazine rings is 1. The van der Waals surface area contributed by atoms with Gasteiger partial charge in [-0.1, -0.05) is 43.5 Å². The maximum atomic E-state index is 12.9. The number of amides is 1. The van der Waals surface area contributed by atoms with Gasteiger partial charge in [0.25, 0.3) is 5.91 Å². The predicted molar refractivity (Wildman–Crippen MR) is 139 cm³/mol. The maximum Gasteiger partial charge on any atom is 0.330 e. The number of carbonyl (C=O) groups is 1. The van der Waals surface area contributed by atoms with E-state index in [0.29, 0.717) is 25.3 Å². The van der Waals surface area contributed by atoms with Crippen molar-refractivity contribution in [3.8, 4) is 0 Å². The summed E-state index contributed by atoms with van der Waals surface area (Å²) in [5, 5.41) is 9.17. The first-order valence-corrected chi connectivity index (χ1v) is 12.7. The molecule has 1 atom stereocenters. The van der Waals surface area contributed by atoms with Crippen molar-refractivity contribution >= 4 is 35.0 Å². The van der Waals surface area contributed by atoms with E-state index in [4.69, 9.17) is 0 Å². The van der Waals surface area contributed by atoms with Crippen molar-refractivity contribution in [2.24, 2.45) is 12.5 Å². The molecule has 2 aliphatic heterocycles. The van der Waals surface area contributed by atoms with Crippen LogP contribution in [-0.2, 0) is 13.6 Å². The second-order valence-electron chi connectivity index (χ2n) is 10.4. The predicted octanol–water partition coefficient (Wildman–Crippen LogP) is 3.23. The van der Waals surface area contributed by atoms with Crippen molar-refractivity contribution in [2.75, 3.05) is 36.4 Å². The number of hydrogen-bond donors (Lipinski definition) is 1. The summed E-state index contributed by atoms with van der Waals surface area (Å²) >= 11 is 1.19.